The van der Waals surface area contributed by atoms with Crippen molar-refractivity contribution in [2.24, 2.45) is 0 Å². The van der Waals surface area contributed by atoms with Crippen LogP contribution < -0.4 is 0 Å². The maximum Gasteiger partial charge on any atom is 0.339 e. The fourth-order valence-electron chi connectivity index (χ4n) is 2.28. The number of carboxylic acids is 1. The van der Waals surface area contributed by atoms with Crippen molar-refractivity contribution in [2.45, 2.75) is 0 Å². The highest BCUT2D eigenvalue weighted by atomic mass is 35.5. The van der Waals surface area contributed by atoms with E-state index >= 15 is 0 Å². The molecule has 0 unspecified atom stereocenters. The molecule has 2 aromatic carbocycles. The highest BCUT2D eigenvalue weighted by Crippen LogP contribution is 2.35. The molecule has 5 nitrogen and oxygen atoms in total. The highest BCUT2D eigenvalue weighted by molar-refractivity contribution is 6.30. The van der Waals surface area contributed by atoms with Crippen LogP contribution in [0.3, 0.4) is 0 Å². The van der Waals surface area contributed by atoms with E-state index in [0.717, 1.165) is 0 Å². The molecule has 1 heterocycles. The van der Waals surface area contributed by atoms with Crippen LogP contribution in [0.25, 0.3) is 22.1 Å². The number of carbonyl (C=O) groups is 1. The molecule has 0 saturated carbocycles. The normalized spacial score (nSPS) is 10.5. The van der Waals surface area contributed by atoms with Crippen LogP contribution >= 0.6 is 11.6 Å². The number of rotatable bonds is 2. The molecule has 0 amide bonds. The minimum Gasteiger partial charge on any atom is -0.507 e. The van der Waals surface area contributed by atoms with E-state index in [9.17, 15) is 9.90 Å². The number of halogens is 1. The van der Waals surface area contributed by atoms with Crippen molar-refractivity contribution in [1.29, 1.82) is 5.26 Å². The number of hydrogen-bond acceptors (Lipinski definition) is 4. The Hall–Kier alpha value is -2.97. The van der Waals surface area contributed by atoms with E-state index in [0.29, 0.717) is 27.7 Å². The van der Waals surface area contributed by atoms with Crippen molar-refractivity contribution in [3.63, 3.8) is 0 Å². The van der Waals surface area contributed by atoms with Crippen LogP contribution in [0.4, 0.5) is 0 Å². The Morgan fingerprint density at radius 3 is 2.64 bits per heavy atom. The van der Waals surface area contributed by atoms with Gasteiger partial charge in [0.1, 0.15) is 16.9 Å². The molecule has 0 aliphatic rings. The van der Waals surface area contributed by atoms with Gasteiger partial charge in [-0.05, 0) is 41.4 Å². The van der Waals surface area contributed by atoms with Crippen LogP contribution in [-0.2, 0) is 0 Å². The smallest absolute Gasteiger partial charge is 0.339 e. The third-order valence-corrected chi connectivity index (χ3v) is 3.44. The first kappa shape index (κ1) is 14.0. The first-order valence-electron chi connectivity index (χ1n) is 6.19. The highest BCUT2D eigenvalue weighted by Gasteiger charge is 2.15. The van der Waals surface area contributed by atoms with Crippen molar-refractivity contribution >= 4 is 28.5 Å². The molecule has 1 aromatic heterocycles. The van der Waals surface area contributed by atoms with Crippen LogP contribution in [0.2, 0.25) is 5.22 Å². The van der Waals surface area contributed by atoms with E-state index in [1.54, 1.807) is 18.2 Å². The molecule has 0 bridgehead atoms. The third-order valence-electron chi connectivity index (χ3n) is 3.25. The summed E-state index contributed by atoms with van der Waals surface area (Å²) >= 11 is 5.86. The second kappa shape index (κ2) is 5.10. The summed E-state index contributed by atoms with van der Waals surface area (Å²) in [4.78, 5) is 10.9. The number of benzene rings is 2. The van der Waals surface area contributed by atoms with Gasteiger partial charge in [0.2, 0.25) is 0 Å². The van der Waals surface area contributed by atoms with Crippen molar-refractivity contribution in [3.05, 3.63) is 52.7 Å². The number of phenols is 1. The number of carboxylic acid groups (broad SMARTS) is 1. The van der Waals surface area contributed by atoms with E-state index in [-0.39, 0.29) is 16.5 Å². The van der Waals surface area contributed by atoms with E-state index in [2.05, 4.69) is 0 Å². The Kier molecular flexibility index (Phi) is 3.24. The van der Waals surface area contributed by atoms with Crippen molar-refractivity contribution in [2.75, 3.05) is 0 Å². The van der Waals surface area contributed by atoms with Crippen LogP contribution in [0, 0.1) is 11.3 Å². The summed E-state index contributed by atoms with van der Waals surface area (Å²) in [6.07, 6.45) is 0. The van der Waals surface area contributed by atoms with E-state index in [1.165, 1.54) is 18.2 Å². The van der Waals surface area contributed by atoms with Gasteiger partial charge in [-0.1, -0.05) is 6.07 Å². The Bertz CT molecular complexity index is 953. The number of aromatic hydroxyl groups is 1. The van der Waals surface area contributed by atoms with Gasteiger partial charge in [-0.25, -0.2) is 4.79 Å². The third kappa shape index (κ3) is 2.26. The van der Waals surface area contributed by atoms with Gasteiger partial charge in [-0.15, -0.1) is 0 Å². The quantitative estimate of drug-likeness (QED) is 0.744. The number of aromatic carboxylic acids is 1. The molecule has 0 spiro atoms. The molecule has 6 heteroatoms. The zero-order valence-electron chi connectivity index (χ0n) is 11.0. The fourth-order valence-corrected chi connectivity index (χ4v) is 2.48. The summed E-state index contributed by atoms with van der Waals surface area (Å²) in [6.45, 7) is 0. The molecule has 0 fully saturated rings. The Morgan fingerprint density at radius 2 is 2.00 bits per heavy atom. The first-order chi connectivity index (χ1) is 10.5. The lowest BCUT2D eigenvalue weighted by Gasteiger charge is -2.06. The molecule has 0 aliphatic carbocycles. The largest absolute Gasteiger partial charge is 0.507 e. The molecule has 2 N–H and O–H groups in total. The Balaban J connectivity index is 2.27. The summed E-state index contributed by atoms with van der Waals surface area (Å²) in [6, 6.07) is 11.0. The van der Waals surface area contributed by atoms with Crippen molar-refractivity contribution < 1.29 is 19.4 Å². The topological polar surface area (TPSA) is 94.5 Å². The number of nitrogens with zero attached hydrogens (tertiary/aromatic N) is 1. The van der Waals surface area contributed by atoms with Crippen LogP contribution in [0.15, 0.2) is 40.8 Å². The second-order valence-corrected chi connectivity index (χ2v) is 5.01. The zero-order chi connectivity index (χ0) is 15.9. The van der Waals surface area contributed by atoms with E-state index < -0.39 is 5.97 Å². The van der Waals surface area contributed by atoms with Crippen LogP contribution in [0.5, 0.6) is 5.75 Å². The standard InChI is InChI=1S/C16H8ClNO4/c17-14-6-10-3-8(7-18)4-12(15(10)22-14)9-1-2-11(16(20)21)13(19)5-9/h1-6,19H,(H,20,21). The van der Waals surface area contributed by atoms with Gasteiger partial charge < -0.3 is 14.6 Å². The molecule has 0 atom stereocenters. The SMILES string of the molecule is N#Cc1cc(-c2ccc(C(=O)O)c(O)c2)c2oc(Cl)cc2c1. The first-order valence-corrected chi connectivity index (χ1v) is 6.57. The van der Waals surface area contributed by atoms with Gasteiger partial charge in [0.15, 0.2) is 5.22 Å². The monoisotopic (exact) mass is 313 g/mol. The predicted molar refractivity (Wildman–Crippen MR) is 80.0 cm³/mol. The van der Waals surface area contributed by atoms with Gasteiger partial charge in [0.25, 0.3) is 0 Å². The Labute approximate surface area is 129 Å². The van der Waals surface area contributed by atoms with E-state index in [4.69, 9.17) is 26.4 Å². The van der Waals surface area contributed by atoms with Crippen LogP contribution in [0.1, 0.15) is 15.9 Å². The second-order valence-electron chi connectivity index (χ2n) is 4.64. The number of nitriles is 1. The lowest BCUT2D eigenvalue weighted by Crippen LogP contribution is -1.96. The minimum absolute atomic E-state index is 0.178. The average Bonchev–Trinajstić information content (AvgIpc) is 2.85. The number of hydrogen-bond donors (Lipinski definition) is 2. The molecule has 108 valence electrons. The predicted octanol–water partition coefficient (Wildman–Crippen LogP) is 4.03. The molecular weight excluding hydrogens is 306 g/mol. The van der Waals surface area contributed by atoms with Gasteiger partial charge in [-0.3, -0.25) is 0 Å². The molecule has 3 aromatic rings. The number of fused-ring (bicyclic) bond motifs is 1. The van der Waals surface area contributed by atoms with Crippen molar-refractivity contribution in [1.82, 2.24) is 0 Å². The average molecular weight is 314 g/mol. The molecule has 0 saturated heterocycles. The molecular formula is C16H8ClNO4. The van der Waals surface area contributed by atoms with Crippen LogP contribution in [-0.4, -0.2) is 16.2 Å². The molecule has 0 radical (unpaired) electrons. The molecule has 22 heavy (non-hydrogen) atoms. The van der Waals surface area contributed by atoms with Crippen molar-refractivity contribution in [3.8, 4) is 22.9 Å². The maximum atomic E-state index is 10.9. The zero-order valence-corrected chi connectivity index (χ0v) is 11.8. The summed E-state index contributed by atoms with van der Waals surface area (Å²) < 4.78 is 5.43. The fraction of sp³-hybridized carbons (Fsp3) is 0. The summed E-state index contributed by atoms with van der Waals surface area (Å²) in [5.74, 6) is -1.58. The molecule has 3 rings (SSSR count). The Morgan fingerprint density at radius 1 is 1.23 bits per heavy atom. The summed E-state index contributed by atoms with van der Waals surface area (Å²) in [7, 11) is 0. The van der Waals surface area contributed by atoms with Gasteiger partial charge >= 0.3 is 5.97 Å². The summed E-state index contributed by atoms with van der Waals surface area (Å²) in [5.41, 5.74) is 1.74. The lowest BCUT2D eigenvalue weighted by atomic mass is 9.99. The molecule has 0 aliphatic heterocycles. The number of furan rings is 1. The maximum absolute atomic E-state index is 10.9. The summed E-state index contributed by atoms with van der Waals surface area (Å²) in [5, 5.41) is 28.7. The van der Waals surface area contributed by atoms with Gasteiger partial charge in [-0.2, -0.15) is 5.26 Å². The van der Waals surface area contributed by atoms with Gasteiger partial charge in [0, 0.05) is 17.0 Å². The lowest BCUT2D eigenvalue weighted by molar-refractivity contribution is 0.0694. The van der Waals surface area contributed by atoms with Gasteiger partial charge in [0.05, 0.1) is 11.6 Å². The van der Waals surface area contributed by atoms with E-state index in [1.807, 2.05) is 6.07 Å². The minimum atomic E-state index is -1.22.